The van der Waals surface area contributed by atoms with Crippen molar-refractivity contribution in [2.24, 2.45) is 0 Å². The highest BCUT2D eigenvalue weighted by Crippen LogP contribution is 2.48. The van der Waals surface area contributed by atoms with Gasteiger partial charge in [0.1, 0.15) is 11.5 Å². The number of phenols is 2. The van der Waals surface area contributed by atoms with Crippen LogP contribution in [0.25, 0.3) is 11.1 Å². The molecule has 1 unspecified atom stereocenters. The second-order valence-corrected chi connectivity index (χ2v) is 6.32. The van der Waals surface area contributed by atoms with Crippen molar-refractivity contribution in [3.63, 3.8) is 0 Å². The first-order valence-corrected chi connectivity index (χ1v) is 7.91. The third kappa shape index (κ3) is 1.93. The van der Waals surface area contributed by atoms with Gasteiger partial charge in [-0.2, -0.15) is 0 Å². The summed E-state index contributed by atoms with van der Waals surface area (Å²) < 4.78 is 0. The van der Waals surface area contributed by atoms with Crippen molar-refractivity contribution < 1.29 is 10.2 Å². The molecule has 0 radical (unpaired) electrons. The Balaban J connectivity index is 1.97. The van der Waals surface area contributed by atoms with Crippen molar-refractivity contribution in [2.75, 3.05) is 0 Å². The molecule has 0 saturated heterocycles. The van der Waals surface area contributed by atoms with Gasteiger partial charge in [0.05, 0.1) is 0 Å². The molecule has 2 aliphatic carbocycles. The molecule has 0 spiro atoms. The van der Waals surface area contributed by atoms with E-state index in [-0.39, 0.29) is 5.75 Å². The van der Waals surface area contributed by atoms with Gasteiger partial charge in [0, 0.05) is 11.1 Å². The van der Waals surface area contributed by atoms with Crippen LogP contribution >= 0.6 is 0 Å². The lowest BCUT2D eigenvalue weighted by atomic mass is 9.72. The zero-order valence-electron chi connectivity index (χ0n) is 12.1. The van der Waals surface area contributed by atoms with Gasteiger partial charge in [0.25, 0.3) is 0 Å². The molecule has 2 aromatic rings. The molecule has 1 atom stereocenters. The van der Waals surface area contributed by atoms with Crippen molar-refractivity contribution in [1.82, 2.24) is 0 Å². The van der Waals surface area contributed by atoms with Crippen molar-refractivity contribution >= 4 is 0 Å². The van der Waals surface area contributed by atoms with E-state index in [9.17, 15) is 10.2 Å². The van der Waals surface area contributed by atoms with Crippen molar-refractivity contribution in [3.05, 3.63) is 47.0 Å². The predicted molar refractivity (Wildman–Crippen MR) is 83.8 cm³/mol. The van der Waals surface area contributed by atoms with Crippen LogP contribution in [0.4, 0.5) is 0 Å². The number of para-hydroxylation sites is 1. The molecule has 0 heterocycles. The first-order valence-electron chi connectivity index (χ1n) is 7.91. The van der Waals surface area contributed by atoms with Gasteiger partial charge in [-0.15, -0.1) is 0 Å². The molecule has 21 heavy (non-hydrogen) atoms. The first-order chi connectivity index (χ1) is 10.3. The molecule has 108 valence electrons. The number of hydrogen-bond acceptors (Lipinski definition) is 2. The van der Waals surface area contributed by atoms with Gasteiger partial charge in [0.2, 0.25) is 0 Å². The summed E-state index contributed by atoms with van der Waals surface area (Å²) in [5.74, 6) is 1.27. The summed E-state index contributed by atoms with van der Waals surface area (Å²) in [6, 6.07) is 9.40. The first kappa shape index (κ1) is 12.8. The average molecular weight is 280 g/mol. The van der Waals surface area contributed by atoms with Crippen LogP contribution in [0.3, 0.4) is 0 Å². The summed E-state index contributed by atoms with van der Waals surface area (Å²) >= 11 is 0. The van der Waals surface area contributed by atoms with Gasteiger partial charge in [-0.05, 0) is 73.3 Å². The van der Waals surface area contributed by atoms with Crippen LogP contribution in [-0.2, 0) is 12.8 Å². The van der Waals surface area contributed by atoms with E-state index in [2.05, 4.69) is 6.07 Å². The third-order valence-electron chi connectivity index (χ3n) is 5.11. The third-order valence-corrected chi connectivity index (χ3v) is 5.11. The highest BCUT2D eigenvalue weighted by molar-refractivity contribution is 5.78. The Bertz CT molecular complexity index is 701. The Morgan fingerprint density at radius 3 is 2.48 bits per heavy atom. The molecular weight excluding hydrogens is 260 g/mol. The SMILES string of the molecule is Oc1ccccc1-c1cc2c3c(c1O)CCCC3CCC2. The average Bonchev–Trinajstić information content (AvgIpc) is 2.52. The molecule has 0 amide bonds. The van der Waals surface area contributed by atoms with E-state index in [1.807, 2.05) is 18.2 Å². The van der Waals surface area contributed by atoms with E-state index < -0.39 is 0 Å². The zero-order valence-corrected chi connectivity index (χ0v) is 12.1. The lowest BCUT2D eigenvalue weighted by Crippen LogP contribution is -2.17. The quantitative estimate of drug-likeness (QED) is 0.806. The molecule has 0 fully saturated rings. The Kier molecular flexibility index (Phi) is 2.91. The number of hydrogen-bond donors (Lipinski definition) is 2. The topological polar surface area (TPSA) is 40.5 Å². The lowest BCUT2D eigenvalue weighted by molar-refractivity contribution is 0.435. The minimum Gasteiger partial charge on any atom is -0.507 e. The monoisotopic (exact) mass is 280 g/mol. The summed E-state index contributed by atoms with van der Waals surface area (Å²) in [4.78, 5) is 0. The maximum Gasteiger partial charge on any atom is 0.127 e. The Morgan fingerprint density at radius 2 is 1.67 bits per heavy atom. The molecule has 0 aliphatic heterocycles. The smallest absolute Gasteiger partial charge is 0.127 e. The van der Waals surface area contributed by atoms with Gasteiger partial charge in [-0.25, -0.2) is 0 Å². The van der Waals surface area contributed by atoms with Gasteiger partial charge < -0.3 is 10.2 Å². The maximum atomic E-state index is 10.8. The highest BCUT2D eigenvalue weighted by atomic mass is 16.3. The van der Waals surface area contributed by atoms with E-state index in [1.165, 1.54) is 30.4 Å². The van der Waals surface area contributed by atoms with Crippen molar-refractivity contribution in [2.45, 2.75) is 44.4 Å². The molecule has 2 aromatic carbocycles. The van der Waals surface area contributed by atoms with Crippen LogP contribution in [0.1, 0.15) is 48.3 Å². The van der Waals surface area contributed by atoms with Gasteiger partial charge >= 0.3 is 0 Å². The number of phenolic OH excluding ortho intramolecular Hbond substituents is 2. The van der Waals surface area contributed by atoms with E-state index in [4.69, 9.17) is 0 Å². The summed E-state index contributed by atoms with van der Waals surface area (Å²) in [6.07, 6.45) is 6.98. The summed E-state index contributed by atoms with van der Waals surface area (Å²) in [6.45, 7) is 0. The van der Waals surface area contributed by atoms with Gasteiger partial charge in [0.15, 0.2) is 0 Å². The molecule has 2 N–H and O–H groups in total. The number of benzene rings is 2. The lowest BCUT2D eigenvalue weighted by Gasteiger charge is -2.33. The van der Waals surface area contributed by atoms with Crippen LogP contribution < -0.4 is 0 Å². The molecule has 4 rings (SSSR count). The molecule has 2 aliphatic rings. The Labute approximate surface area is 125 Å². The largest absolute Gasteiger partial charge is 0.507 e. The fraction of sp³-hybridized carbons (Fsp3) is 0.368. The van der Waals surface area contributed by atoms with Gasteiger partial charge in [-0.1, -0.05) is 18.2 Å². The van der Waals surface area contributed by atoms with E-state index >= 15 is 0 Å². The second kappa shape index (κ2) is 4.80. The number of aromatic hydroxyl groups is 2. The van der Waals surface area contributed by atoms with Crippen LogP contribution in [0.5, 0.6) is 11.5 Å². The number of rotatable bonds is 1. The van der Waals surface area contributed by atoms with Crippen LogP contribution in [0.2, 0.25) is 0 Å². The summed E-state index contributed by atoms with van der Waals surface area (Å²) in [7, 11) is 0. The Hall–Kier alpha value is -1.96. The summed E-state index contributed by atoms with van der Waals surface area (Å²) in [5, 5.41) is 20.9. The standard InChI is InChI=1S/C19H20O2/c20-17-10-2-1-8-14(17)16-11-13-7-3-5-12-6-4-9-15(18(12)13)19(16)21/h1-2,8,10-12,20-21H,3-7,9H2. The molecule has 2 heteroatoms. The molecule has 2 nitrogen and oxygen atoms in total. The zero-order chi connectivity index (χ0) is 14.4. The van der Waals surface area contributed by atoms with E-state index in [0.29, 0.717) is 11.7 Å². The molecule has 0 aromatic heterocycles. The van der Waals surface area contributed by atoms with Crippen LogP contribution in [-0.4, -0.2) is 10.2 Å². The minimum atomic E-state index is 0.239. The summed E-state index contributed by atoms with van der Waals surface area (Å²) in [5.41, 5.74) is 5.48. The van der Waals surface area contributed by atoms with Crippen LogP contribution in [0, 0.1) is 0 Å². The second-order valence-electron chi connectivity index (χ2n) is 6.32. The van der Waals surface area contributed by atoms with Crippen LogP contribution in [0.15, 0.2) is 30.3 Å². The van der Waals surface area contributed by atoms with Crippen molar-refractivity contribution in [1.29, 1.82) is 0 Å². The Morgan fingerprint density at radius 1 is 0.905 bits per heavy atom. The fourth-order valence-electron chi connectivity index (χ4n) is 4.18. The van der Waals surface area contributed by atoms with Crippen molar-refractivity contribution in [3.8, 4) is 22.6 Å². The van der Waals surface area contributed by atoms with E-state index in [0.717, 1.165) is 36.0 Å². The predicted octanol–water partition coefficient (Wildman–Crippen LogP) is 4.52. The molecule has 0 bridgehead atoms. The van der Waals surface area contributed by atoms with Gasteiger partial charge in [-0.3, -0.25) is 0 Å². The highest BCUT2D eigenvalue weighted by Gasteiger charge is 2.30. The minimum absolute atomic E-state index is 0.239. The maximum absolute atomic E-state index is 10.8. The fourth-order valence-corrected chi connectivity index (χ4v) is 4.18. The molecule has 0 saturated carbocycles. The normalized spacial score (nSPS) is 20.1. The molecular formula is C19H20O2. The van der Waals surface area contributed by atoms with E-state index in [1.54, 1.807) is 6.07 Å². The number of aryl methyl sites for hydroxylation is 1.